The number of aryl methyl sites for hydroxylation is 1. The topological polar surface area (TPSA) is 75.4 Å². The molecule has 0 saturated carbocycles. The van der Waals surface area contributed by atoms with Gasteiger partial charge in [0.15, 0.2) is 0 Å². The average molecular weight is 395 g/mol. The Morgan fingerprint density at radius 1 is 1.32 bits per heavy atom. The Bertz CT molecular complexity index is 1010. The maximum atomic E-state index is 12.6. The van der Waals surface area contributed by atoms with E-state index in [1.54, 1.807) is 22.5 Å². The first-order valence-corrected chi connectivity index (χ1v) is 10.0. The van der Waals surface area contributed by atoms with Crippen LogP contribution in [0.1, 0.15) is 23.2 Å². The van der Waals surface area contributed by atoms with Crippen LogP contribution in [-0.4, -0.2) is 23.3 Å². The Morgan fingerprint density at radius 2 is 2.18 bits per heavy atom. The van der Waals surface area contributed by atoms with Crippen molar-refractivity contribution in [3.63, 3.8) is 0 Å². The number of oxazole rings is 1. The molecule has 2 amide bonds. The van der Waals surface area contributed by atoms with Crippen molar-refractivity contribution in [1.29, 1.82) is 0 Å². The summed E-state index contributed by atoms with van der Waals surface area (Å²) in [6, 6.07) is 9.76. The van der Waals surface area contributed by atoms with E-state index in [0.717, 1.165) is 21.7 Å². The van der Waals surface area contributed by atoms with Crippen LogP contribution in [0.15, 0.2) is 46.4 Å². The third kappa shape index (κ3) is 3.57. The van der Waals surface area contributed by atoms with Gasteiger partial charge in [-0.3, -0.25) is 9.59 Å². The van der Waals surface area contributed by atoms with E-state index < -0.39 is 0 Å². The third-order valence-electron chi connectivity index (χ3n) is 5.09. The minimum absolute atomic E-state index is 0.0183. The first-order chi connectivity index (χ1) is 13.5. The molecule has 1 atom stereocenters. The van der Waals surface area contributed by atoms with Gasteiger partial charge < -0.3 is 14.6 Å². The largest absolute Gasteiger partial charge is 0.443 e. The minimum atomic E-state index is -0.365. The van der Waals surface area contributed by atoms with Gasteiger partial charge >= 0.3 is 0 Å². The summed E-state index contributed by atoms with van der Waals surface area (Å²) < 4.78 is 5.47. The molecule has 0 spiro atoms. The molecule has 1 aliphatic rings. The number of carbonyl (C=O) groups is 2. The fraction of sp³-hybridized carbons (Fsp3) is 0.286. The number of rotatable bonds is 5. The van der Waals surface area contributed by atoms with Gasteiger partial charge in [0.25, 0.3) is 0 Å². The number of thiophene rings is 1. The van der Waals surface area contributed by atoms with Crippen LogP contribution in [0.5, 0.6) is 0 Å². The maximum Gasteiger partial charge on any atom is 0.236 e. The van der Waals surface area contributed by atoms with Crippen LogP contribution >= 0.6 is 11.3 Å². The molecule has 2 aromatic heterocycles. The molecule has 1 aromatic carbocycles. The quantitative estimate of drug-likeness (QED) is 0.715. The summed E-state index contributed by atoms with van der Waals surface area (Å²) in [5.74, 6) is 0.0320. The van der Waals surface area contributed by atoms with E-state index in [-0.39, 0.29) is 30.7 Å². The number of hydrogen-bond acceptors (Lipinski definition) is 5. The summed E-state index contributed by atoms with van der Waals surface area (Å²) >= 11 is 1.55. The first-order valence-electron chi connectivity index (χ1n) is 9.15. The predicted octanol–water partition coefficient (Wildman–Crippen LogP) is 3.69. The van der Waals surface area contributed by atoms with E-state index in [1.165, 1.54) is 0 Å². The molecule has 0 aliphatic carbocycles. The van der Waals surface area contributed by atoms with Gasteiger partial charge in [0, 0.05) is 18.7 Å². The zero-order chi connectivity index (χ0) is 19.7. The molecular formula is C21H21N3O3S. The molecule has 7 heteroatoms. The van der Waals surface area contributed by atoms with Gasteiger partial charge in [0.05, 0.1) is 23.0 Å². The number of hydrogen-bond donors (Lipinski definition) is 1. The highest BCUT2D eigenvalue weighted by molar-refractivity contribution is 7.13. The minimum Gasteiger partial charge on any atom is -0.443 e. The molecule has 1 aliphatic heterocycles. The number of aromatic nitrogens is 1. The number of amides is 2. The Balaban J connectivity index is 1.38. The van der Waals surface area contributed by atoms with E-state index in [1.807, 2.05) is 49.6 Å². The monoisotopic (exact) mass is 395 g/mol. The van der Waals surface area contributed by atoms with Crippen molar-refractivity contribution < 1.29 is 14.0 Å². The molecule has 1 saturated heterocycles. The van der Waals surface area contributed by atoms with Crippen molar-refractivity contribution in [2.75, 3.05) is 11.4 Å². The SMILES string of the molecule is Cc1cccc(N2CC(C(=O)NCc3coc(-c4cccs4)n3)CC2=O)c1C. The van der Waals surface area contributed by atoms with Crippen LogP contribution in [0.25, 0.3) is 10.8 Å². The summed E-state index contributed by atoms with van der Waals surface area (Å²) in [5.41, 5.74) is 3.75. The normalized spacial score (nSPS) is 16.6. The molecule has 4 rings (SSSR count). The van der Waals surface area contributed by atoms with E-state index in [4.69, 9.17) is 4.42 Å². The summed E-state index contributed by atoms with van der Waals surface area (Å²) in [7, 11) is 0. The van der Waals surface area contributed by atoms with Crippen molar-refractivity contribution in [1.82, 2.24) is 10.3 Å². The van der Waals surface area contributed by atoms with Gasteiger partial charge in [-0.05, 0) is 42.5 Å². The van der Waals surface area contributed by atoms with Crippen LogP contribution < -0.4 is 10.2 Å². The molecular weight excluding hydrogens is 374 g/mol. The van der Waals surface area contributed by atoms with E-state index >= 15 is 0 Å². The van der Waals surface area contributed by atoms with Crippen molar-refractivity contribution in [3.05, 3.63) is 58.8 Å². The summed E-state index contributed by atoms with van der Waals surface area (Å²) in [5, 5.41) is 4.84. The van der Waals surface area contributed by atoms with Crippen molar-refractivity contribution >= 4 is 28.8 Å². The number of nitrogens with one attached hydrogen (secondary N) is 1. The standard InChI is InChI=1S/C21H21N3O3S/c1-13-5-3-6-17(14(13)2)24-11-15(9-19(24)25)20(26)22-10-16-12-27-21(23-16)18-7-4-8-28-18/h3-8,12,15H,9-11H2,1-2H3,(H,22,26). The van der Waals surface area contributed by atoms with Gasteiger partial charge in [0.2, 0.25) is 17.7 Å². The van der Waals surface area contributed by atoms with Gasteiger partial charge in [-0.25, -0.2) is 4.98 Å². The van der Waals surface area contributed by atoms with E-state index in [9.17, 15) is 9.59 Å². The fourth-order valence-electron chi connectivity index (χ4n) is 3.37. The molecule has 3 heterocycles. The van der Waals surface area contributed by atoms with Gasteiger partial charge in [-0.1, -0.05) is 18.2 Å². The average Bonchev–Trinajstić information content (AvgIpc) is 3.42. The number of benzene rings is 1. The second kappa shape index (κ2) is 7.59. The first kappa shape index (κ1) is 18.4. The Kier molecular flexibility index (Phi) is 5.00. The molecule has 6 nitrogen and oxygen atoms in total. The van der Waals surface area contributed by atoms with Crippen LogP contribution in [0.3, 0.4) is 0 Å². The maximum absolute atomic E-state index is 12.6. The molecule has 1 unspecified atom stereocenters. The van der Waals surface area contributed by atoms with Crippen molar-refractivity contribution in [2.24, 2.45) is 5.92 Å². The summed E-state index contributed by atoms with van der Waals surface area (Å²) in [6.45, 7) is 4.70. The van der Waals surface area contributed by atoms with Crippen LogP contribution in [0.2, 0.25) is 0 Å². The lowest BCUT2D eigenvalue weighted by atomic mass is 10.1. The highest BCUT2D eigenvalue weighted by Gasteiger charge is 2.35. The fourth-order valence-corrected chi connectivity index (χ4v) is 4.02. The van der Waals surface area contributed by atoms with Crippen molar-refractivity contribution in [2.45, 2.75) is 26.8 Å². The molecule has 144 valence electrons. The van der Waals surface area contributed by atoms with Gasteiger partial charge in [0.1, 0.15) is 6.26 Å². The summed E-state index contributed by atoms with van der Waals surface area (Å²) in [4.78, 5) is 32.1. The zero-order valence-corrected chi connectivity index (χ0v) is 16.6. The highest BCUT2D eigenvalue weighted by atomic mass is 32.1. The van der Waals surface area contributed by atoms with E-state index in [2.05, 4.69) is 10.3 Å². The number of carbonyl (C=O) groups excluding carboxylic acids is 2. The zero-order valence-electron chi connectivity index (χ0n) is 15.8. The predicted molar refractivity (Wildman–Crippen MR) is 108 cm³/mol. The Hall–Kier alpha value is -2.93. The molecule has 0 bridgehead atoms. The van der Waals surface area contributed by atoms with Crippen LogP contribution in [0, 0.1) is 19.8 Å². The lowest BCUT2D eigenvalue weighted by Gasteiger charge is -2.20. The molecule has 3 aromatic rings. The Labute approximate surface area is 167 Å². The van der Waals surface area contributed by atoms with Crippen LogP contribution in [-0.2, 0) is 16.1 Å². The number of nitrogens with zero attached hydrogens (tertiary/aromatic N) is 2. The molecule has 1 fully saturated rings. The lowest BCUT2D eigenvalue weighted by Crippen LogP contribution is -2.32. The second-order valence-corrected chi connectivity index (χ2v) is 7.91. The lowest BCUT2D eigenvalue weighted by molar-refractivity contribution is -0.126. The Morgan fingerprint density at radius 3 is 2.96 bits per heavy atom. The molecule has 1 N–H and O–H groups in total. The second-order valence-electron chi connectivity index (χ2n) is 6.96. The third-order valence-corrected chi connectivity index (χ3v) is 5.95. The molecule has 28 heavy (non-hydrogen) atoms. The van der Waals surface area contributed by atoms with Crippen molar-refractivity contribution in [3.8, 4) is 10.8 Å². The smallest absolute Gasteiger partial charge is 0.236 e. The highest BCUT2D eigenvalue weighted by Crippen LogP contribution is 2.29. The molecule has 0 radical (unpaired) electrons. The van der Waals surface area contributed by atoms with Crippen LogP contribution in [0.4, 0.5) is 5.69 Å². The number of anilines is 1. The van der Waals surface area contributed by atoms with Gasteiger partial charge in [-0.15, -0.1) is 11.3 Å². The van der Waals surface area contributed by atoms with E-state index in [0.29, 0.717) is 18.1 Å². The summed E-state index contributed by atoms with van der Waals surface area (Å²) in [6.07, 6.45) is 1.77. The van der Waals surface area contributed by atoms with Gasteiger partial charge in [-0.2, -0.15) is 0 Å².